The summed E-state index contributed by atoms with van der Waals surface area (Å²) < 4.78 is 0. The Morgan fingerprint density at radius 3 is 1.13 bits per heavy atom. The maximum Gasteiger partial charge on any atom is 0.0944 e. The smallest absolute Gasteiger partial charge is 0.0944 e. The summed E-state index contributed by atoms with van der Waals surface area (Å²) in [5.74, 6) is 0. The van der Waals surface area contributed by atoms with E-state index in [1.165, 1.54) is 33.4 Å². The lowest BCUT2D eigenvalue weighted by molar-refractivity contribution is 1.26. The average Bonchev–Trinajstić information content (AvgIpc) is 3.38. The molecule has 5 aromatic rings. The summed E-state index contributed by atoms with van der Waals surface area (Å²) in [6.07, 6.45) is 0. The van der Waals surface area contributed by atoms with E-state index in [-0.39, 0.29) is 0 Å². The quantitative estimate of drug-likeness (QED) is 0.222. The van der Waals surface area contributed by atoms with Crippen molar-refractivity contribution in [2.45, 2.75) is 41.5 Å². The SMILES string of the molecule is Cc1cc(C)c(N=C(c2ccccc2)c2ccc(C(=Nc3c(C)cc(C)cc3C)c3ccccc3)[nH]2)c(C)c1. The number of rotatable bonds is 6. The molecule has 0 aliphatic carbocycles. The Morgan fingerprint density at radius 1 is 0.462 bits per heavy atom. The number of benzene rings is 4. The van der Waals surface area contributed by atoms with Gasteiger partial charge in [0.1, 0.15) is 0 Å². The Morgan fingerprint density at radius 2 is 0.795 bits per heavy atom. The summed E-state index contributed by atoms with van der Waals surface area (Å²) in [7, 11) is 0. The van der Waals surface area contributed by atoms with E-state index in [2.05, 4.69) is 131 Å². The maximum absolute atomic E-state index is 5.25. The molecular weight excluding hydrogens is 474 g/mol. The van der Waals surface area contributed by atoms with Crippen LogP contribution in [0.2, 0.25) is 0 Å². The van der Waals surface area contributed by atoms with Gasteiger partial charge in [0.05, 0.1) is 34.2 Å². The van der Waals surface area contributed by atoms with Gasteiger partial charge in [-0.3, -0.25) is 0 Å². The number of aromatic nitrogens is 1. The van der Waals surface area contributed by atoms with Crippen molar-refractivity contribution >= 4 is 22.8 Å². The van der Waals surface area contributed by atoms with Crippen molar-refractivity contribution in [2.24, 2.45) is 9.98 Å². The second-order valence-corrected chi connectivity index (χ2v) is 10.4. The van der Waals surface area contributed by atoms with E-state index in [1.54, 1.807) is 0 Å². The first kappa shape index (κ1) is 26.1. The molecule has 0 spiro atoms. The number of aliphatic imine (C=N–C) groups is 2. The molecule has 0 fully saturated rings. The molecule has 0 radical (unpaired) electrons. The zero-order valence-electron chi connectivity index (χ0n) is 23.6. The molecule has 0 aliphatic heterocycles. The molecule has 0 unspecified atom stereocenters. The molecule has 0 bridgehead atoms. The topological polar surface area (TPSA) is 40.5 Å². The monoisotopic (exact) mass is 509 g/mol. The molecule has 0 saturated carbocycles. The van der Waals surface area contributed by atoms with Gasteiger partial charge in [-0.2, -0.15) is 0 Å². The first-order chi connectivity index (χ1) is 18.8. The van der Waals surface area contributed by atoms with E-state index in [0.29, 0.717) is 0 Å². The molecule has 194 valence electrons. The van der Waals surface area contributed by atoms with E-state index in [1.807, 2.05) is 12.1 Å². The van der Waals surface area contributed by atoms with Crippen LogP contribution in [0.3, 0.4) is 0 Å². The molecule has 0 atom stereocenters. The van der Waals surface area contributed by atoms with E-state index < -0.39 is 0 Å². The predicted molar refractivity (Wildman–Crippen MR) is 166 cm³/mol. The van der Waals surface area contributed by atoms with Crippen LogP contribution in [0.15, 0.2) is 107 Å². The predicted octanol–water partition coefficient (Wildman–Crippen LogP) is 9.20. The summed E-state index contributed by atoms with van der Waals surface area (Å²) in [6.45, 7) is 12.8. The molecule has 3 nitrogen and oxygen atoms in total. The van der Waals surface area contributed by atoms with Gasteiger partial charge < -0.3 is 4.98 Å². The largest absolute Gasteiger partial charge is 0.352 e. The molecule has 1 N–H and O–H groups in total. The van der Waals surface area contributed by atoms with Crippen LogP contribution in [0.25, 0.3) is 0 Å². The summed E-state index contributed by atoms with van der Waals surface area (Å²) in [5, 5.41) is 0. The molecule has 4 aromatic carbocycles. The van der Waals surface area contributed by atoms with E-state index in [4.69, 9.17) is 9.98 Å². The highest BCUT2D eigenvalue weighted by Crippen LogP contribution is 2.29. The number of aryl methyl sites for hydroxylation is 6. The van der Waals surface area contributed by atoms with Crippen LogP contribution in [0, 0.1) is 41.5 Å². The van der Waals surface area contributed by atoms with Crippen molar-refractivity contribution in [2.75, 3.05) is 0 Å². The van der Waals surface area contributed by atoms with Gasteiger partial charge in [0.15, 0.2) is 0 Å². The van der Waals surface area contributed by atoms with Crippen molar-refractivity contribution in [1.82, 2.24) is 4.98 Å². The molecule has 1 heterocycles. The third-order valence-electron chi connectivity index (χ3n) is 7.01. The highest BCUT2D eigenvalue weighted by molar-refractivity contribution is 6.16. The Balaban J connectivity index is 1.68. The van der Waals surface area contributed by atoms with Gasteiger partial charge in [0, 0.05) is 11.1 Å². The Kier molecular flexibility index (Phi) is 7.42. The first-order valence-electron chi connectivity index (χ1n) is 13.4. The lowest BCUT2D eigenvalue weighted by atomic mass is 10.0. The number of hydrogen-bond acceptors (Lipinski definition) is 2. The Hall–Kier alpha value is -4.50. The number of aromatic amines is 1. The summed E-state index contributed by atoms with van der Waals surface area (Å²) >= 11 is 0. The fourth-order valence-corrected chi connectivity index (χ4v) is 5.35. The number of H-pyrrole nitrogens is 1. The fourth-order valence-electron chi connectivity index (χ4n) is 5.35. The van der Waals surface area contributed by atoms with Crippen LogP contribution in [-0.2, 0) is 0 Å². The minimum absolute atomic E-state index is 0.909. The molecule has 0 amide bonds. The van der Waals surface area contributed by atoms with Crippen LogP contribution in [-0.4, -0.2) is 16.4 Å². The molecule has 5 rings (SSSR count). The number of nitrogens with one attached hydrogen (secondary N) is 1. The number of hydrogen-bond donors (Lipinski definition) is 1. The van der Waals surface area contributed by atoms with Crippen molar-refractivity contribution < 1.29 is 0 Å². The maximum atomic E-state index is 5.25. The fraction of sp³-hybridized carbons (Fsp3) is 0.167. The zero-order chi connectivity index (χ0) is 27.5. The average molecular weight is 510 g/mol. The van der Waals surface area contributed by atoms with Crippen molar-refractivity contribution in [3.63, 3.8) is 0 Å². The zero-order valence-corrected chi connectivity index (χ0v) is 23.6. The molecular formula is C36H35N3. The van der Waals surface area contributed by atoms with Crippen LogP contribution in [0.4, 0.5) is 11.4 Å². The highest BCUT2D eigenvalue weighted by atomic mass is 14.9. The van der Waals surface area contributed by atoms with Crippen LogP contribution >= 0.6 is 0 Å². The lowest BCUT2D eigenvalue weighted by Crippen LogP contribution is -2.08. The van der Waals surface area contributed by atoms with Gasteiger partial charge in [0.25, 0.3) is 0 Å². The van der Waals surface area contributed by atoms with Crippen molar-refractivity contribution in [3.05, 3.63) is 153 Å². The summed E-state index contributed by atoms with van der Waals surface area (Å²) in [4.78, 5) is 14.2. The van der Waals surface area contributed by atoms with E-state index in [9.17, 15) is 0 Å². The summed E-state index contributed by atoms with van der Waals surface area (Å²) in [6, 6.07) is 33.8. The normalized spacial score (nSPS) is 12.2. The molecule has 0 saturated heterocycles. The van der Waals surface area contributed by atoms with Gasteiger partial charge >= 0.3 is 0 Å². The molecule has 0 aliphatic rings. The van der Waals surface area contributed by atoms with Gasteiger partial charge in [-0.25, -0.2) is 9.98 Å². The summed E-state index contributed by atoms with van der Waals surface area (Å²) in [5.41, 5.74) is 15.1. The minimum Gasteiger partial charge on any atom is -0.352 e. The standard InChI is InChI=1S/C36H35N3/c1-23-19-25(3)33(26(4)20-23)38-35(29-13-9-7-10-14-29)31-17-18-32(37-31)36(30-15-11-8-12-16-30)39-34-27(5)21-24(2)22-28(34)6/h7-22,37H,1-6H3. The van der Waals surface area contributed by atoms with Gasteiger partial charge in [-0.15, -0.1) is 0 Å². The second-order valence-electron chi connectivity index (χ2n) is 10.4. The highest BCUT2D eigenvalue weighted by Gasteiger charge is 2.16. The van der Waals surface area contributed by atoms with Gasteiger partial charge in [-0.1, -0.05) is 96.1 Å². The Labute approximate surface area is 232 Å². The molecule has 3 heteroatoms. The molecule has 39 heavy (non-hydrogen) atoms. The van der Waals surface area contributed by atoms with Gasteiger partial charge in [-0.05, 0) is 75.9 Å². The third kappa shape index (κ3) is 5.68. The third-order valence-corrected chi connectivity index (χ3v) is 7.01. The Bertz CT molecular complexity index is 1510. The van der Waals surface area contributed by atoms with Crippen LogP contribution in [0.1, 0.15) is 55.9 Å². The van der Waals surface area contributed by atoms with Crippen LogP contribution < -0.4 is 0 Å². The van der Waals surface area contributed by atoms with Crippen LogP contribution in [0.5, 0.6) is 0 Å². The minimum atomic E-state index is 0.909. The van der Waals surface area contributed by atoms with E-state index >= 15 is 0 Å². The second kappa shape index (κ2) is 11.1. The molecule has 1 aromatic heterocycles. The van der Waals surface area contributed by atoms with Crippen molar-refractivity contribution in [3.8, 4) is 0 Å². The van der Waals surface area contributed by atoms with Gasteiger partial charge in [0.2, 0.25) is 0 Å². The van der Waals surface area contributed by atoms with Crippen molar-refractivity contribution in [1.29, 1.82) is 0 Å². The van der Waals surface area contributed by atoms with E-state index in [0.717, 1.165) is 45.3 Å². The number of nitrogens with zero attached hydrogens (tertiary/aromatic N) is 2. The first-order valence-corrected chi connectivity index (χ1v) is 13.4. The lowest BCUT2D eigenvalue weighted by Gasteiger charge is -2.12.